The van der Waals surface area contributed by atoms with Crippen molar-refractivity contribution in [3.05, 3.63) is 72.4 Å². The maximum absolute atomic E-state index is 4.73. The van der Waals surface area contributed by atoms with Crippen LogP contribution in [-0.2, 0) is 6.54 Å². The summed E-state index contributed by atoms with van der Waals surface area (Å²) >= 11 is 0. The number of nitrogens with one attached hydrogen (secondary N) is 1. The zero-order valence-electron chi connectivity index (χ0n) is 13.3. The van der Waals surface area contributed by atoms with Gasteiger partial charge in [-0.2, -0.15) is 5.10 Å². The smallest absolute Gasteiger partial charge is 0.136 e. The number of benzene rings is 2. The minimum absolute atomic E-state index is 0. The molecule has 2 aromatic carbocycles. The van der Waals surface area contributed by atoms with Crippen molar-refractivity contribution in [3.63, 3.8) is 0 Å². The van der Waals surface area contributed by atoms with Gasteiger partial charge in [-0.15, -0.1) is 12.4 Å². The van der Waals surface area contributed by atoms with Gasteiger partial charge in [-0.1, -0.05) is 36.4 Å². The maximum Gasteiger partial charge on any atom is 0.136 e. The molecular weight excluding hydrogens is 308 g/mol. The number of nitrogens with zero attached hydrogens (tertiary/aromatic N) is 3. The summed E-state index contributed by atoms with van der Waals surface area (Å²) in [5, 5.41) is 7.89. The molecule has 0 saturated heterocycles. The van der Waals surface area contributed by atoms with Crippen LogP contribution in [0.15, 0.2) is 66.7 Å². The van der Waals surface area contributed by atoms with Crippen LogP contribution in [0, 0.1) is 0 Å². The number of aromatic nitrogens is 2. The van der Waals surface area contributed by atoms with Crippen LogP contribution in [-0.4, -0.2) is 23.9 Å². The van der Waals surface area contributed by atoms with Gasteiger partial charge in [0.25, 0.3) is 0 Å². The SMILES string of the molecule is CNCc1cc(N(C)c2ccccc2)n(-c2ccccc2)n1.Cl. The summed E-state index contributed by atoms with van der Waals surface area (Å²) in [5.41, 5.74) is 3.21. The Hall–Kier alpha value is -2.30. The molecule has 1 heterocycles. The molecule has 0 amide bonds. The lowest BCUT2D eigenvalue weighted by atomic mass is 10.3. The third-order valence-corrected chi connectivity index (χ3v) is 3.59. The average molecular weight is 329 g/mol. The summed E-state index contributed by atoms with van der Waals surface area (Å²) < 4.78 is 1.99. The molecule has 5 heteroatoms. The normalized spacial score (nSPS) is 10.2. The van der Waals surface area contributed by atoms with Crippen molar-refractivity contribution in [2.75, 3.05) is 19.0 Å². The van der Waals surface area contributed by atoms with Crippen molar-refractivity contribution in [2.24, 2.45) is 0 Å². The van der Waals surface area contributed by atoms with Gasteiger partial charge in [0, 0.05) is 25.3 Å². The fourth-order valence-electron chi connectivity index (χ4n) is 2.47. The van der Waals surface area contributed by atoms with E-state index in [2.05, 4.69) is 47.6 Å². The summed E-state index contributed by atoms with van der Waals surface area (Å²) in [6.45, 7) is 0.745. The molecule has 4 nitrogen and oxygen atoms in total. The largest absolute Gasteiger partial charge is 0.329 e. The topological polar surface area (TPSA) is 33.1 Å². The Morgan fingerprint density at radius 2 is 1.61 bits per heavy atom. The zero-order valence-corrected chi connectivity index (χ0v) is 14.1. The van der Waals surface area contributed by atoms with E-state index < -0.39 is 0 Å². The Balaban J connectivity index is 0.00000192. The first kappa shape index (κ1) is 17.1. The van der Waals surface area contributed by atoms with Crippen molar-refractivity contribution in [2.45, 2.75) is 6.54 Å². The van der Waals surface area contributed by atoms with Crippen molar-refractivity contribution >= 4 is 23.9 Å². The van der Waals surface area contributed by atoms with Gasteiger partial charge in [-0.3, -0.25) is 0 Å². The van der Waals surface area contributed by atoms with Crippen molar-refractivity contribution < 1.29 is 0 Å². The molecule has 0 aliphatic rings. The van der Waals surface area contributed by atoms with E-state index in [0.717, 1.165) is 29.4 Å². The van der Waals surface area contributed by atoms with Crippen LogP contribution in [0.2, 0.25) is 0 Å². The van der Waals surface area contributed by atoms with Crippen molar-refractivity contribution in [1.82, 2.24) is 15.1 Å². The Morgan fingerprint density at radius 3 is 2.22 bits per heavy atom. The van der Waals surface area contributed by atoms with Gasteiger partial charge in [-0.25, -0.2) is 4.68 Å². The number of rotatable bonds is 5. The van der Waals surface area contributed by atoms with Crippen LogP contribution in [0.25, 0.3) is 5.69 Å². The van der Waals surface area contributed by atoms with Gasteiger partial charge >= 0.3 is 0 Å². The number of halogens is 1. The van der Waals surface area contributed by atoms with E-state index in [0.29, 0.717) is 0 Å². The third kappa shape index (κ3) is 3.73. The highest BCUT2D eigenvalue weighted by molar-refractivity contribution is 5.85. The van der Waals surface area contributed by atoms with E-state index in [1.54, 1.807) is 0 Å². The molecule has 0 spiro atoms. The first-order valence-electron chi connectivity index (χ1n) is 7.37. The lowest BCUT2D eigenvalue weighted by molar-refractivity contribution is 0.756. The number of hydrogen-bond acceptors (Lipinski definition) is 3. The van der Waals surface area contributed by atoms with E-state index in [1.165, 1.54) is 0 Å². The standard InChI is InChI=1S/C18H20N4.ClH/c1-19-14-15-13-18(21(2)16-9-5-3-6-10-16)22(20-15)17-11-7-4-8-12-17;/h3-13,19H,14H2,1-2H3;1H. The Bertz CT molecular complexity index is 725. The summed E-state index contributed by atoms with van der Waals surface area (Å²) in [6.07, 6.45) is 0. The summed E-state index contributed by atoms with van der Waals surface area (Å²) in [5.74, 6) is 1.04. The predicted molar refractivity (Wildman–Crippen MR) is 98.1 cm³/mol. The van der Waals surface area contributed by atoms with Crippen LogP contribution in [0.3, 0.4) is 0 Å². The minimum atomic E-state index is 0. The van der Waals surface area contributed by atoms with Crippen LogP contribution in [0.4, 0.5) is 11.5 Å². The van der Waals surface area contributed by atoms with Gasteiger partial charge in [0.05, 0.1) is 11.4 Å². The molecule has 0 saturated carbocycles. The second kappa shape index (κ2) is 7.81. The van der Waals surface area contributed by atoms with Gasteiger partial charge in [0.1, 0.15) is 5.82 Å². The second-order valence-electron chi connectivity index (χ2n) is 5.17. The number of para-hydroxylation sites is 2. The summed E-state index contributed by atoms with van der Waals surface area (Å²) in [7, 11) is 4.00. The Morgan fingerprint density at radius 1 is 1.00 bits per heavy atom. The number of hydrogen-bond donors (Lipinski definition) is 1. The highest BCUT2D eigenvalue weighted by Gasteiger charge is 2.14. The predicted octanol–water partition coefficient (Wildman–Crippen LogP) is 3.78. The monoisotopic (exact) mass is 328 g/mol. The van der Waals surface area contributed by atoms with Crippen molar-refractivity contribution in [1.29, 1.82) is 0 Å². The van der Waals surface area contributed by atoms with Gasteiger partial charge in [0.15, 0.2) is 0 Å². The van der Waals surface area contributed by atoms with E-state index in [-0.39, 0.29) is 12.4 Å². The second-order valence-corrected chi connectivity index (χ2v) is 5.17. The van der Waals surface area contributed by atoms with E-state index in [4.69, 9.17) is 5.10 Å². The van der Waals surface area contributed by atoms with E-state index >= 15 is 0 Å². The lowest BCUT2D eigenvalue weighted by Crippen LogP contribution is -2.14. The van der Waals surface area contributed by atoms with Crippen LogP contribution in [0.5, 0.6) is 0 Å². The molecule has 1 N–H and O–H groups in total. The van der Waals surface area contributed by atoms with Crippen LogP contribution in [0.1, 0.15) is 5.69 Å². The zero-order chi connectivity index (χ0) is 15.4. The fourth-order valence-corrected chi connectivity index (χ4v) is 2.47. The van der Waals surface area contributed by atoms with E-state index in [1.807, 2.05) is 48.1 Å². The molecule has 3 rings (SSSR count). The van der Waals surface area contributed by atoms with Gasteiger partial charge < -0.3 is 10.2 Å². The third-order valence-electron chi connectivity index (χ3n) is 3.59. The highest BCUT2D eigenvalue weighted by atomic mass is 35.5. The Kier molecular flexibility index (Phi) is 5.79. The molecule has 23 heavy (non-hydrogen) atoms. The highest BCUT2D eigenvalue weighted by Crippen LogP contribution is 2.26. The first-order valence-corrected chi connectivity index (χ1v) is 7.37. The minimum Gasteiger partial charge on any atom is -0.329 e. The molecular formula is C18H21ClN4. The van der Waals surface area contributed by atoms with E-state index in [9.17, 15) is 0 Å². The van der Waals surface area contributed by atoms with Crippen LogP contribution >= 0.6 is 12.4 Å². The molecule has 0 atom stereocenters. The van der Waals surface area contributed by atoms with Crippen LogP contribution < -0.4 is 10.2 Å². The molecule has 0 radical (unpaired) electrons. The van der Waals surface area contributed by atoms with Crippen molar-refractivity contribution in [3.8, 4) is 5.69 Å². The molecule has 0 unspecified atom stereocenters. The fraction of sp³-hybridized carbons (Fsp3) is 0.167. The summed E-state index contributed by atoms with van der Waals surface area (Å²) in [4.78, 5) is 2.15. The first-order chi connectivity index (χ1) is 10.8. The summed E-state index contributed by atoms with van der Waals surface area (Å²) in [6, 6.07) is 22.6. The molecule has 120 valence electrons. The van der Waals surface area contributed by atoms with Gasteiger partial charge in [0.2, 0.25) is 0 Å². The molecule has 3 aromatic rings. The Labute approximate surface area is 143 Å². The molecule has 1 aromatic heterocycles. The average Bonchev–Trinajstić information content (AvgIpc) is 3.00. The molecule has 0 aliphatic heterocycles. The quantitative estimate of drug-likeness (QED) is 0.773. The molecule has 0 bridgehead atoms. The van der Waals surface area contributed by atoms with Gasteiger partial charge in [-0.05, 0) is 31.3 Å². The molecule has 0 aliphatic carbocycles. The number of anilines is 2. The maximum atomic E-state index is 4.73. The molecule has 0 fully saturated rings. The lowest BCUT2D eigenvalue weighted by Gasteiger charge is -2.20.